The molecule has 2 aliphatic heterocycles. The number of benzene rings is 2. The Kier molecular flexibility index (Phi) is 8.84. The lowest BCUT2D eigenvalue weighted by molar-refractivity contribution is -0.185. The lowest BCUT2D eigenvalue weighted by Crippen LogP contribution is -2.55. The van der Waals surface area contributed by atoms with E-state index in [1.165, 1.54) is 0 Å². The van der Waals surface area contributed by atoms with Gasteiger partial charge in [-0.15, -0.1) is 0 Å². The zero-order valence-corrected chi connectivity index (χ0v) is 23.1. The summed E-state index contributed by atoms with van der Waals surface area (Å²) >= 11 is 0. The van der Waals surface area contributed by atoms with Crippen LogP contribution < -0.4 is 0 Å². The summed E-state index contributed by atoms with van der Waals surface area (Å²) in [6, 6.07) is 20.5. The van der Waals surface area contributed by atoms with Crippen molar-refractivity contribution in [1.29, 1.82) is 0 Å². The van der Waals surface area contributed by atoms with Crippen LogP contribution in [-0.4, -0.2) is 45.6 Å². The number of epoxide rings is 1. The minimum Gasteiger partial charge on any atom is -0.413 e. The summed E-state index contributed by atoms with van der Waals surface area (Å²) in [6.07, 6.45) is -1.07. The fraction of sp³-hybridized carbons (Fsp3) is 0.586. The molecule has 0 saturated carbocycles. The second-order valence-electron chi connectivity index (χ2n) is 10.8. The summed E-state index contributed by atoms with van der Waals surface area (Å²) < 4.78 is 32.2. The zero-order chi connectivity index (χ0) is 25.0. The van der Waals surface area contributed by atoms with Gasteiger partial charge < -0.3 is 23.4 Å². The first-order valence-corrected chi connectivity index (χ1v) is 15.2. The largest absolute Gasteiger partial charge is 0.413 e. The van der Waals surface area contributed by atoms with E-state index in [1.54, 1.807) is 0 Å². The van der Waals surface area contributed by atoms with Crippen LogP contribution in [0.25, 0.3) is 0 Å². The Morgan fingerprint density at radius 3 is 1.66 bits per heavy atom. The molecule has 0 unspecified atom stereocenters. The Hall–Kier alpha value is -1.54. The van der Waals surface area contributed by atoms with Gasteiger partial charge in [0.05, 0.1) is 19.8 Å². The van der Waals surface area contributed by atoms with Crippen LogP contribution >= 0.6 is 0 Å². The molecule has 2 heterocycles. The quantitative estimate of drug-likeness (QED) is 0.248. The maximum Gasteiger partial charge on any atom is 0.200 e. The first-order valence-electron chi connectivity index (χ1n) is 13.1. The molecule has 0 spiro atoms. The Labute approximate surface area is 212 Å². The van der Waals surface area contributed by atoms with Crippen molar-refractivity contribution < 1.29 is 23.4 Å². The lowest BCUT2D eigenvalue weighted by Gasteiger charge is -2.44. The molecular weight excluding hydrogens is 456 g/mol. The third-order valence-electron chi connectivity index (χ3n) is 7.58. The predicted molar refractivity (Wildman–Crippen MR) is 141 cm³/mol. The van der Waals surface area contributed by atoms with E-state index in [0.29, 0.717) is 36.4 Å². The number of hydrogen-bond donors (Lipinski definition) is 0. The summed E-state index contributed by atoms with van der Waals surface area (Å²) in [4.78, 5) is 0. The monoisotopic (exact) mass is 498 g/mol. The highest BCUT2D eigenvalue weighted by molar-refractivity contribution is 6.77. The van der Waals surface area contributed by atoms with Crippen LogP contribution in [0.4, 0.5) is 0 Å². The van der Waals surface area contributed by atoms with Crippen molar-refractivity contribution in [2.24, 2.45) is 0 Å². The Bertz CT molecular complexity index is 882. The van der Waals surface area contributed by atoms with E-state index in [1.807, 2.05) is 36.4 Å². The molecule has 0 aromatic heterocycles. The number of fused-ring (bicyclic) bond motifs is 1. The van der Waals surface area contributed by atoms with E-state index >= 15 is 0 Å². The molecule has 0 amide bonds. The maximum absolute atomic E-state index is 6.94. The molecule has 6 heteroatoms. The van der Waals surface area contributed by atoms with Crippen molar-refractivity contribution in [3.05, 3.63) is 71.8 Å². The summed E-state index contributed by atoms with van der Waals surface area (Å²) in [5.41, 5.74) is 3.78. The molecular formula is C29H42O5Si. The molecule has 5 nitrogen and oxygen atoms in total. The van der Waals surface area contributed by atoms with Crippen LogP contribution in [0.1, 0.15) is 52.7 Å². The third-order valence-corrected chi connectivity index (χ3v) is 13.7. The van der Waals surface area contributed by atoms with Gasteiger partial charge in [-0.05, 0) is 27.8 Å². The van der Waals surface area contributed by atoms with E-state index in [2.05, 4.69) is 65.8 Å². The number of ether oxygens (including phenoxy) is 4. The fourth-order valence-electron chi connectivity index (χ4n) is 5.89. The van der Waals surface area contributed by atoms with Crippen LogP contribution in [0.15, 0.2) is 60.7 Å². The normalized spacial score (nSPS) is 26.4. The fourth-order valence-corrected chi connectivity index (χ4v) is 11.3. The van der Waals surface area contributed by atoms with Crippen LogP contribution in [0.3, 0.4) is 0 Å². The highest BCUT2D eigenvalue weighted by Gasteiger charge is 2.58. The van der Waals surface area contributed by atoms with Crippen LogP contribution in [0.2, 0.25) is 16.6 Å². The number of rotatable bonds is 12. The van der Waals surface area contributed by atoms with E-state index in [-0.39, 0.29) is 30.7 Å². The van der Waals surface area contributed by atoms with Crippen LogP contribution in [-0.2, 0) is 36.6 Å². The molecule has 0 bridgehead atoms. The Morgan fingerprint density at radius 1 is 0.686 bits per heavy atom. The molecule has 0 N–H and O–H groups in total. The van der Waals surface area contributed by atoms with E-state index in [0.717, 1.165) is 11.1 Å². The van der Waals surface area contributed by atoms with Crippen molar-refractivity contribution in [2.75, 3.05) is 6.61 Å². The summed E-state index contributed by atoms with van der Waals surface area (Å²) in [5.74, 6) is 0. The highest BCUT2D eigenvalue weighted by atomic mass is 28.4. The summed E-state index contributed by atoms with van der Waals surface area (Å²) in [5, 5.41) is 0. The number of hydrogen-bond acceptors (Lipinski definition) is 5. The van der Waals surface area contributed by atoms with E-state index in [9.17, 15) is 0 Å². The Balaban J connectivity index is 1.52. The lowest BCUT2D eigenvalue weighted by atomic mass is 10.0. The molecule has 0 aliphatic carbocycles. The highest BCUT2D eigenvalue weighted by Crippen LogP contribution is 2.44. The molecule has 2 aromatic carbocycles. The molecule has 2 aliphatic rings. The minimum atomic E-state index is -2.05. The summed E-state index contributed by atoms with van der Waals surface area (Å²) in [6.45, 7) is 15.4. The van der Waals surface area contributed by atoms with Gasteiger partial charge in [0.25, 0.3) is 0 Å². The molecule has 2 saturated heterocycles. The van der Waals surface area contributed by atoms with E-state index in [4.69, 9.17) is 23.4 Å². The molecule has 0 radical (unpaired) electrons. The third kappa shape index (κ3) is 6.07. The molecule has 4 rings (SSSR count). The van der Waals surface area contributed by atoms with Gasteiger partial charge in [0, 0.05) is 0 Å². The second kappa shape index (κ2) is 11.7. The topological polar surface area (TPSA) is 49.5 Å². The Morgan fingerprint density at radius 2 is 1.17 bits per heavy atom. The molecule has 2 fully saturated rings. The second-order valence-corrected chi connectivity index (χ2v) is 16.3. The van der Waals surface area contributed by atoms with Gasteiger partial charge in [-0.25, -0.2) is 0 Å². The maximum atomic E-state index is 6.94. The van der Waals surface area contributed by atoms with E-state index < -0.39 is 8.32 Å². The van der Waals surface area contributed by atoms with Gasteiger partial charge in [-0.3, -0.25) is 0 Å². The minimum absolute atomic E-state index is 0.0990. The van der Waals surface area contributed by atoms with Gasteiger partial charge in [-0.2, -0.15) is 0 Å². The average molecular weight is 499 g/mol. The van der Waals surface area contributed by atoms with Crippen molar-refractivity contribution in [3.63, 3.8) is 0 Å². The molecule has 2 aromatic rings. The van der Waals surface area contributed by atoms with Crippen molar-refractivity contribution in [3.8, 4) is 0 Å². The van der Waals surface area contributed by atoms with Crippen LogP contribution in [0.5, 0.6) is 0 Å². The smallest absolute Gasteiger partial charge is 0.200 e. The SMILES string of the molecule is CC(C)[Si](OC[C@@H]1O[C@@H]2O[C@H]2[C@H](OCc2ccccc2)[C@H]1OCc1ccccc1)(C(C)C)C(C)C. The molecule has 35 heavy (non-hydrogen) atoms. The van der Waals surface area contributed by atoms with Gasteiger partial charge in [0.15, 0.2) is 14.6 Å². The molecule has 192 valence electrons. The van der Waals surface area contributed by atoms with Crippen molar-refractivity contribution in [1.82, 2.24) is 0 Å². The first-order chi connectivity index (χ1) is 16.8. The van der Waals surface area contributed by atoms with Crippen molar-refractivity contribution in [2.45, 2.75) is 102 Å². The molecule has 5 atom stereocenters. The summed E-state index contributed by atoms with van der Waals surface area (Å²) in [7, 11) is -2.05. The standard InChI is InChI=1S/C29H42O5Si/c1-20(2)35(21(3)4,22(5)6)32-19-25-26(30-17-23-13-9-7-10-14-23)27(28-29(33-25)34-28)31-18-24-15-11-8-12-16-24/h7-16,20-22,25-29H,17-19H2,1-6H3/t25-,26-,27+,28-,29+/m0/s1. The van der Waals surface area contributed by atoms with Gasteiger partial charge in [0.2, 0.25) is 0 Å². The first kappa shape index (κ1) is 26.5. The average Bonchev–Trinajstić information content (AvgIpc) is 3.62. The van der Waals surface area contributed by atoms with Gasteiger partial charge >= 0.3 is 0 Å². The van der Waals surface area contributed by atoms with Gasteiger partial charge in [0.1, 0.15) is 24.4 Å². The zero-order valence-electron chi connectivity index (χ0n) is 22.1. The van der Waals surface area contributed by atoms with Gasteiger partial charge in [-0.1, -0.05) is 102 Å². The van der Waals surface area contributed by atoms with Crippen LogP contribution in [0, 0.1) is 0 Å². The predicted octanol–water partition coefficient (Wildman–Crippen LogP) is 6.47. The van der Waals surface area contributed by atoms with Crippen molar-refractivity contribution >= 4 is 8.32 Å².